The highest BCUT2D eigenvalue weighted by molar-refractivity contribution is 5.94. The van der Waals surface area contributed by atoms with Gasteiger partial charge in [-0.15, -0.1) is 0 Å². The zero-order valence-corrected chi connectivity index (χ0v) is 16.6. The standard InChI is InChI=1S/C19H19F3N4O5/c1-3-30-16(28)15-10(2)23-18(29)25-12(15)9-31-14(27)8-26-13-7-5-4-6-11(13)24-17(26)19(20,21)22/h4-7,10H,3,8-9H2,1-2H3,(H2,23,25,29)/t10-/m1/s1. The number of ether oxygens (including phenoxy) is 2. The van der Waals surface area contributed by atoms with Crippen LogP contribution < -0.4 is 10.6 Å². The molecule has 0 saturated carbocycles. The van der Waals surface area contributed by atoms with E-state index in [2.05, 4.69) is 15.6 Å². The lowest BCUT2D eigenvalue weighted by atomic mass is 10.0. The number of halogens is 3. The van der Waals surface area contributed by atoms with E-state index < -0.39 is 49.2 Å². The molecule has 1 aromatic heterocycles. The van der Waals surface area contributed by atoms with E-state index in [-0.39, 0.29) is 28.9 Å². The molecule has 12 heteroatoms. The van der Waals surface area contributed by atoms with Crippen molar-refractivity contribution in [2.45, 2.75) is 32.6 Å². The predicted octanol–water partition coefficient (Wildman–Crippen LogP) is 2.12. The number of carbonyl (C=O) groups is 3. The topological polar surface area (TPSA) is 112 Å². The second-order valence-electron chi connectivity index (χ2n) is 6.60. The molecule has 1 atom stereocenters. The molecule has 0 spiro atoms. The second kappa shape index (κ2) is 8.66. The van der Waals surface area contributed by atoms with E-state index in [1.54, 1.807) is 13.8 Å². The molecule has 0 aliphatic carbocycles. The number of nitrogens with one attached hydrogen (secondary N) is 2. The van der Waals surface area contributed by atoms with Crippen molar-refractivity contribution in [1.82, 2.24) is 20.2 Å². The van der Waals surface area contributed by atoms with E-state index in [1.165, 1.54) is 24.3 Å². The molecule has 166 valence electrons. The van der Waals surface area contributed by atoms with Gasteiger partial charge in [0.25, 0.3) is 0 Å². The molecular weight excluding hydrogens is 421 g/mol. The monoisotopic (exact) mass is 440 g/mol. The van der Waals surface area contributed by atoms with Crippen LogP contribution in [0.4, 0.5) is 18.0 Å². The number of fused-ring (bicyclic) bond motifs is 1. The van der Waals surface area contributed by atoms with Gasteiger partial charge in [0.1, 0.15) is 13.2 Å². The zero-order chi connectivity index (χ0) is 22.8. The molecule has 2 heterocycles. The SMILES string of the molecule is CCOC(=O)C1=C(COC(=O)Cn2c(C(F)(F)F)nc3ccccc32)NC(=O)N[C@@H]1C. The number of para-hydroxylation sites is 2. The van der Waals surface area contributed by atoms with Crippen molar-refractivity contribution in [3.05, 3.63) is 41.4 Å². The molecule has 1 aliphatic rings. The Balaban J connectivity index is 1.82. The molecule has 0 bridgehead atoms. The maximum absolute atomic E-state index is 13.4. The smallest absolute Gasteiger partial charge is 0.449 e. The van der Waals surface area contributed by atoms with Gasteiger partial charge < -0.3 is 24.7 Å². The van der Waals surface area contributed by atoms with Crippen molar-refractivity contribution in [1.29, 1.82) is 0 Å². The molecule has 0 fully saturated rings. The molecule has 1 aromatic carbocycles. The summed E-state index contributed by atoms with van der Waals surface area (Å²) in [5, 5.41) is 4.85. The molecule has 0 saturated heterocycles. The lowest BCUT2D eigenvalue weighted by molar-refractivity contribution is -0.150. The maximum Gasteiger partial charge on any atom is 0.449 e. The van der Waals surface area contributed by atoms with Crippen molar-refractivity contribution in [3.63, 3.8) is 0 Å². The second-order valence-corrected chi connectivity index (χ2v) is 6.60. The summed E-state index contributed by atoms with van der Waals surface area (Å²) in [7, 11) is 0. The summed E-state index contributed by atoms with van der Waals surface area (Å²) in [5.74, 6) is -2.96. The van der Waals surface area contributed by atoms with E-state index in [1.807, 2.05) is 0 Å². The van der Waals surface area contributed by atoms with Crippen LogP contribution in [0.2, 0.25) is 0 Å². The minimum atomic E-state index is -4.78. The van der Waals surface area contributed by atoms with E-state index in [0.29, 0.717) is 4.57 Å². The number of rotatable bonds is 6. The highest BCUT2D eigenvalue weighted by atomic mass is 19.4. The number of urea groups is 1. The molecule has 2 aromatic rings. The van der Waals surface area contributed by atoms with Crippen LogP contribution in [0.1, 0.15) is 19.7 Å². The van der Waals surface area contributed by atoms with E-state index in [4.69, 9.17) is 9.47 Å². The Labute approximate surface area is 174 Å². The molecule has 0 radical (unpaired) electrons. The molecule has 1 aliphatic heterocycles. The summed E-state index contributed by atoms with van der Waals surface area (Å²) < 4.78 is 50.8. The molecule has 2 N–H and O–H groups in total. The van der Waals surface area contributed by atoms with Gasteiger partial charge in [-0.1, -0.05) is 12.1 Å². The fraction of sp³-hybridized carbons (Fsp3) is 0.368. The highest BCUT2D eigenvalue weighted by Gasteiger charge is 2.38. The normalized spacial score (nSPS) is 16.7. The van der Waals surface area contributed by atoms with Gasteiger partial charge in [0.15, 0.2) is 0 Å². The first-order valence-electron chi connectivity index (χ1n) is 9.27. The van der Waals surface area contributed by atoms with Gasteiger partial charge in [-0.2, -0.15) is 13.2 Å². The number of imidazole rings is 1. The number of hydrogen-bond donors (Lipinski definition) is 2. The van der Waals surface area contributed by atoms with Gasteiger partial charge in [-0.25, -0.2) is 14.6 Å². The van der Waals surface area contributed by atoms with E-state index in [0.717, 1.165) is 0 Å². The third-order valence-corrected chi connectivity index (χ3v) is 4.44. The van der Waals surface area contributed by atoms with Crippen molar-refractivity contribution in [2.75, 3.05) is 13.2 Å². The van der Waals surface area contributed by atoms with Crippen LogP contribution in [0.3, 0.4) is 0 Å². The Hall–Kier alpha value is -3.57. The van der Waals surface area contributed by atoms with Crippen molar-refractivity contribution in [2.24, 2.45) is 0 Å². The van der Waals surface area contributed by atoms with Gasteiger partial charge in [0, 0.05) is 0 Å². The first kappa shape index (κ1) is 22.1. The lowest BCUT2D eigenvalue weighted by Crippen LogP contribution is -2.50. The van der Waals surface area contributed by atoms with Crippen LogP contribution in [-0.4, -0.2) is 46.8 Å². The van der Waals surface area contributed by atoms with Gasteiger partial charge >= 0.3 is 24.1 Å². The first-order chi connectivity index (χ1) is 14.6. The third-order valence-electron chi connectivity index (χ3n) is 4.44. The van der Waals surface area contributed by atoms with Crippen LogP contribution in [0, 0.1) is 0 Å². The van der Waals surface area contributed by atoms with Crippen molar-refractivity contribution >= 4 is 29.0 Å². The molecule has 3 rings (SSSR count). The summed E-state index contributed by atoms with van der Waals surface area (Å²) in [6, 6.07) is 4.52. The summed E-state index contributed by atoms with van der Waals surface area (Å²) in [6.45, 7) is 1.94. The Morgan fingerprint density at radius 2 is 1.94 bits per heavy atom. The number of carbonyl (C=O) groups excluding carboxylic acids is 3. The van der Waals surface area contributed by atoms with Crippen LogP contribution in [-0.2, 0) is 31.8 Å². The molecule has 9 nitrogen and oxygen atoms in total. The fourth-order valence-corrected chi connectivity index (χ4v) is 3.17. The summed E-state index contributed by atoms with van der Waals surface area (Å²) >= 11 is 0. The molecule has 31 heavy (non-hydrogen) atoms. The Bertz CT molecular complexity index is 1060. The van der Waals surface area contributed by atoms with Gasteiger partial charge in [-0.3, -0.25) is 4.79 Å². The largest absolute Gasteiger partial charge is 0.463 e. The average Bonchev–Trinajstić information content (AvgIpc) is 3.05. The van der Waals surface area contributed by atoms with Crippen molar-refractivity contribution < 1.29 is 37.0 Å². The third kappa shape index (κ3) is 4.78. The quantitative estimate of drug-likeness (QED) is 0.666. The highest BCUT2D eigenvalue weighted by Crippen LogP contribution is 2.31. The maximum atomic E-state index is 13.4. The van der Waals surface area contributed by atoms with E-state index in [9.17, 15) is 27.6 Å². The molecule has 2 amide bonds. The number of benzene rings is 1. The van der Waals surface area contributed by atoms with Gasteiger partial charge in [-0.05, 0) is 26.0 Å². The van der Waals surface area contributed by atoms with Crippen LogP contribution >= 0.6 is 0 Å². The Kier molecular flexibility index (Phi) is 6.18. The fourth-order valence-electron chi connectivity index (χ4n) is 3.17. The van der Waals surface area contributed by atoms with Crippen LogP contribution in [0.5, 0.6) is 0 Å². The lowest BCUT2D eigenvalue weighted by Gasteiger charge is -2.26. The summed E-state index contributed by atoms with van der Waals surface area (Å²) in [4.78, 5) is 39.8. The minimum Gasteiger partial charge on any atom is -0.463 e. The van der Waals surface area contributed by atoms with Crippen molar-refractivity contribution in [3.8, 4) is 0 Å². The predicted molar refractivity (Wildman–Crippen MR) is 100 cm³/mol. The first-order valence-corrected chi connectivity index (χ1v) is 9.27. The van der Waals surface area contributed by atoms with Gasteiger partial charge in [0.05, 0.1) is 35.0 Å². The Morgan fingerprint density at radius 3 is 2.61 bits per heavy atom. The number of aromatic nitrogens is 2. The van der Waals surface area contributed by atoms with Crippen LogP contribution in [0.25, 0.3) is 11.0 Å². The summed E-state index contributed by atoms with van der Waals surface area (Å²) in [6.07, 6.45) is -4.78. The molecular formula is C19H19F3N4O5. The number of amides is 2. The minimum absolute atomic E-state index is 0.00501. The molecule has 0 unspecified atom stereocenters. The van der Waals surface area contributed by atoms with E-state index >= 15 is 0 Å². The van der Waals surface area contributed by atoms with Gasteiger partial charge in [0.2, 0.25) is 5.82 Å². The average molecular weight is 440 g/mol. The summed E-state index contributed by atoms with van der Waals surface area (Å²) in [5.41, 5.74) is 0.240. The Morgan fingerprint density at radius 1 is 1.23 bits per heavy atom. The number of hydrogen-bond acceptors (Lipinski definition) is 6. The number of esters is 2. The van der Waals surface area contributed by atoms with Crippen LogP contribution in [0.15, 0.2) is 35.5 Å². The number of alkyl halides is 3. The number of nitrogens with zero attached hydrogens (tertiary/aromatic N) is 2. The zero-order valence-electron chi connectivity index (χ0n) is 16.6.